The summed E-state index contributed by atoms with van der Waals surface area (Å²) in [6.45, 7) is 5.70. The van der Waals surface area contributed by atoms with Gasteiger partial charge in [0.15, 0.2) is 0 Å². The highest BCUT2D eigenvalue weighted by Gasteiger charge is 2.11. The van der Waals surface area contributed by atoms with Gasteiger partial charge in [0.2, 0.25) is 0 Å². The van der Waals surface area contributed by atoms with Crippen molar-refractivity contribution in [2.45, 2.75) is 6.92 Å². The number of aryl methyl sites for hydroxylation is 1. The molecule has 0 aliphatic carbocycles. The Balaban J connectivity index is 1.76. The zero-order chi connectivity index (χ0) is 14.5. The third-order valence-corrected chi connectivity index (χ3v) is 3.74. The Hall–Kier alpha value is -2.13. The van der Waals surface area contributed by atoms with E-state index >= 15 is 0 Å². The molecule has 0 aromatic heterocycles. The van der Waals surface area contributed by atoms with Crippen LogP contribution in [0.15, 0.2) is 53.5 Å². The number of nitrogens with zero attached hydrogens (tertiary/aromatic N) is 2. The molecule has 3 heteroatoms. The van der Waals surface area contributed by atoms with E-state index in [1.54, 1.807) is 0 Å². The molecular weight excluding hydrogens is 260 g/mol. The van der Waals surface area contributed by atoms with Crippen molar-refractivity contribution >= 4 is 17.6 Å². The van der Waals surface area contributed by atoms with Gasteiger partial charge >= 0.3 is 0 Å². The Bertz CT molecular complexity index is 616. The molecule has 0 spiro atoms. The molecule has 0 N–H and O–H groups in total. The normalized spacial score (nSPS) is 15.6. The van der Waals surface area contributed by atoms with Gasteiger partial charge in [0.1, 0.15) is 0 Å². The molecule has 0 atom stereocenters. The minimum absolute atomic E-state index is 0.816. The van der Waals surface area contributed by atoms with Gasteiger partial charge in [-0.2, -0.15) is 0 Å². The number of morpholine rings is 1. The van der Waals surface area contributed by atoms with Gasteiger partial charge in [0.25, 0.3) is 0 Å². The summed E-state index contributed by atoms with van der Waals surface area (Å²) in [7, 11) is 0. The second-order valence-corrected chi connectivity index (χ2v) is 5.23. The largest absolute Gasteiger partial charge is 0.378 e. The minimum atomic E-state index is 0.816. The van der Waals surface area contributed by atoms with E-state index in [-0.39, 0.29) is 0 Å². The van der Waals surface area contributed by atoms with E-state index in [4.69, 9.17) is 4.74 Å². The van der Waals surface area contributed by atoms with Crippen LogP contribution in [0.2, 0.25) is 0 Å². The van der Waals surface area contributed by atoms with Crippen LogP contribution in [0.3, 0.4) is 0 Å². The van der Waals surface area contributed by atoms with Crippen molar-refractivity contribution in [1.29, 1.82) is 0 Å². The van der Waals surface area contributed by atoms with Gasteiger partial charge in [0, 0.05) is 25.0 Å². The van der Waals surface area contributed by atoms with Gasteiger partial charge < -0.3 is 9.64 Å². The third-order valence-electron chi connectivity index (χ3n) is 3.74. The average molecular weight is 280 g/mol. The van der Waals surface area contributed by atoms with Crippen molar-refractivity contribution in [3.05, 3.63) is 59.7 Å². The summed E-state index contributed by atoms with van der Waals surface area (Å²) < 4.78 is 5.40. The number of benzene rings is 2. The van der Waals surface area contributed by atoms with Gasteiger partial charge in [-0.3, -0.25) is 4.99 Å². The van der Waals surface area contributed by atoms with Crippen molar-refractivity contribution in [2.75, 3.05) is 31.2 Å². The number of aliphatic imine (C=N–C) groups is 1. The molecule has 0 amide bonds. The third kappa shape index (κ3) is 3.50. The van der Waals surface area contributed by atoms with E-state index in [9.17, 15) is 0 Å². The first-order valence-corrected chi connectivity index (χ1v) is 7.35. The number of rotatable bonds is 3. The number of ether oxygens (including phenoxy) is 1. The minimum Gasteiger partial charge on any atom is -0.378 e. The van der Waals surface area contributed by atoms with Crippen LogP contribution >= 0.6 is 0 Å². The summed E-state index contributed by atoms with van der Waals surface area (Å²) in [4.78, 5) is 6.89. The molecule has 2 aromatic rings. The van der Waals surface area contributed by atoms with Crippen molar-refractivity contribution in [2.24, 2.45) is 4.99 Å². The Labute approximate surface area is 125 Å². The van der Waals surface area contributed by atoms with Crippen LogP contribution < -0.4 is 4.90 Å². The predicted octanol–water partition coefficient (Wildman–Crippen LogP) is 3.58. The van der Waals surface area contributed by atoms with Gasteiger partial charge in [-0.25, -0.2) is 0 Å². The Morgan fingerprint density at radius 2 is 1.81 bits per heavy atom. The highest BCUT2D eigenvalue weighted by atomic mass is 16.5. The number of hydrogen-bond acceptors (Lipinski definition) is 3. The molecule has 0 radical (unpaired) electrons. The summed E-state index contributed by atoms with van der Waals surface area (Å²) in [5.41, 5.74) is 4.66. The van der Waals surface area contributed by atoms with Crippen molar-refractivity contribution in [3.63, 3.8) is 0 Å². The molecule has 1 fully saturated rings. The molecule has 1 aliphatic rings. The average Bonchev–Trinajstić information content (AvgIpc) is 2.55. The SMILES string of the molecule is Cc1cc(N2CCOCC2)ccc1C=Nc1ccccc1. The molecule has 3 nitrogen and oxygen atoms in total. The van der Waals surface area contributed by atoms with Crippen molar-refractivity contribution < 1.29 is 4.74 Å². The van der Waals surface area contributed by atoms with E-state index in [0.29, 0.717) is 0 Å². The lowest BCUT2D eigenvalue weighted by molar-refractivity contribution is 0.122. The maximum absolute atomic E-state index is 5.40. The summed E-state index contributed by atoms with van der Waals surface area (Å²) in [5.74, 6) is 0. The number of anilines is 1. The number of hydrogen-bond donors (Lipinski definition) is 0. The Kier molecular flexibility index (Phi) is 4.31. The van der Waals surface area contributed by atoms with Crippen LogP contribution in [-0.4, -0.2) is 32.5 Å². The fourth-order valence-corrected chi connectivity index (χ4v) is 2.48. The number of para-hydroxylation sites is 1. The van der Waals surface area contributed by atoms with Gasteiger partial charge in [-0.1, -0.05) is 24.3 Å². The predicted molar refractivity (Wildman–Crippen MR) is 87.9 cm³/mol. The summed E-state index contributed by atoms with van der Waals surface area (Å²) >= 11 is 0. The summed E-state index contributed by atoms with van der Waals surface area (Å²) in [5, 5.41) is 0. The van der Waals surface area contributed by atoms with Crippen molar-refractivity contribution in [1.82, 2.24) is 0 Å². The summed E-state index contributed by atoms with van der Waals surface area (Å²) in [6.07, 6.45) is 1.94. The van der Waals surface area contributed by atoms with Crippen LogP contribution in [0.5, 0.6) is 0 Å². The molecule has 0 unspecified atom stereocenters. The first-order valence-electron chi connectivity index (χ1n) is 7.35. The van der Waals surface area contributed by atoms with Gasteiger partial charge in [0.05, 0.1) is 18.9 Å². The van der Waals surface area contributed by atoms with Crippen LogP contribution in [0, 0.1) is 6.92 Å². The molecule has 0 saturated carbocycles. The van der Waals surface area contributed by atoms with Crippen LogP contribution in [-0.2, 0) is 4.74 Å². The van der Waals surface area contributed by atoms with E-state index < -0.39 is 0 Å². The van der Waals surface area contributed by atoms with Gasteiger partial charge in [-0.05, 0) is 42.3 Å². The molecule has 0 bridgehead atoms. The molecule has 2 aromatic carbocycles. The molecule has 108 valence electrons. The van der Waals surface area contributed by atoms with Crippen LogP contribution in [0.25, 0.3) is 0 Å². The second-order valence-electron chi connectivity index (χ2n) is 5.23. The lowest BCUT2D eigenvalue weighted by Gasteiger charge is -2.29. The standard InChI is InChI=1S/C18H20N2O/c1-15-13-18(20-9-11-21-12-10-20)8-7-16(15)14-19-17-5-3-2-4-6-17/h2-8,13-14H,9-12H2,1H3. The smallest absolute Gasteiger partial charge is 0.0642 e. The van der Waals surface area contributed by atoms with Crippen LogP contribution in [0.1, 0.15) is 11.1 Å². The maximum atomic E-state index is 5.40. The fourth-order valence-electron chi connectivity index (χ4n) is 2.48. The second kappa shape index (κ2) is 6.55. The van der Waals surface area contributed by atoms with Gasteiger partial charge in [-0.15, -0.1) is 0 Å². The highest BCUT2D eigenvalue weighted by molar-refractivity contribution is 5.84. The Morgan fingerprint density at radius 1 is 1.05 bits per heavy atom. The Morgan fingerprint density at radius 3 is 2.52 bits per heavy atom. The highest BCUT2D eigenvalue weighted by Crippen LogP contribution is 2.20. The monoisotopic (exact) mass is 280 g/mol. The summed E-state index contributed by atoms with van der Waals surface area (Å²) in [6, 6.07) is 16.6. The van der Waals surface area contributed by atoms with E-state index in [2.05, 4.69) is 35.0 Å². The molecule has 1 saturated heterocycles. The quantitative estimate of drug-likeness (QED) is 0.803. The molecular formula is C18H20N2O. The zero-order valence-corrected chi connectivity index (χ0v) is 12.3. The molecule has 21 heavy (non-hydrogen) atoms. The lowest BCUT2D eigenvalue weighted by atomic mass is 10.1. The molecule has 1 aliphatic heterocycles. The fraction of sp³-hybridized carbons (Fsp3) is 0.278. The van der Waals surface area contributed by atoms with Crippen molar-refractivity contribution in [3.8, 4) is 0 Å². The zero-order valence-electron chi connectivity index (χ0n) is 12.3. The van der Waals surface area contributed by atoms with E-state index in [1.165, 1.54) is 11.3 Å². The van der Waals surface area contributed by atoms with E-state index in [0.717, 1.165) is 37.6 Å². The lowest BCUT2D eigenvalue weighted by Crippen LogP contribution is -2.36. The maximum Gasteiger partial charge on any atom is 0.0642 e. The molecule has 3 rings (SSSR count). The van der Waals surface area contributed by atoms with Crippen LogP contribution in [0.4, 0.5) is 11.4 Å². The van der Waals surface area contributed by atoms with E-state index in [1.807, 2.05) is 36.5 Å². The first-order chi connectivity index (χ1) is 10.3. The topological polar surface area (TPSA) is 24.8 Å². The molecule has 1 heterocycles. The first kappa shape index (κ1) is 13.8.